The molecule has 0 aromatic heterocycles. The van der Waals surface area contributed by atoms with Gasteiger partial charge in [0.15, 0.2) is 0 Å². The largest absolute Gasteiger partial charge is 0.493 e. The number of ether oxygens (including phenoxy) is 2. The van der Waals surface area contributed by atoms with E-state index in [2.05, 4.69) is 38.2 Å². The summed E-state index contributed by atoms with van der Waals surface area (Å²) in [5.74, 6) is 1.39. The van der Waals surface area contributed by atoms with E-state index in [-0.39, 0.29) is 11.3 Å². The van der Waals surface area contributed by atoms with Crippen molar-refractivity contribution in [1.82, 2.24) is 5.32 Å². The molecule has 31 heavy (non-hydrogen) atoms. The second kappa shape index (κ2) is 10.2. The lowest BCUT2D eigenvalue weighted by Gasteiger charge is -2.19. The van der Waals surface area contributed by atoms with Gasteiger partial charge >= 0.3 is 0 Å². The van der Waals surface area contributed by atoms with Gasteiger partial charge in [-0.2, -0.15) is 0 Å². The molecule has 0 aliphatic carbocycles. The molecule has 0 aliphatic heterocycles. The van der Waals surface area contributed by atoms with E-state index in [1.807, 2.05) is 61.5 Å². The van der Waals surface area contributed by atoms with Crippen LogP contribution in [0.5, 0.6) is 11.5 Å². The van der Waals surface area contributed by atoms with E-state index in [1.165, 1.54) is 5.56 Å². The first kappa shape index (κ1) is 22.4. The highest BCUT2D eigenvalue weighted by atomic mass is 16.5. The van der Waals surface area contributed by atoms with Crippen LogP contribution in [0.25, 0.3) is 0 Å². The molecule has 0 bridgehead atoms. The molecule has 0 atom stereocenters. The average Bonchev–Trinajstić information content (AvgIpc) is 2.77. The van der Waals surface area contributed by atoms with Gasteiger partial charge < -0.3 is 14.8 Å². The van der Waals surface area contributed by atoms with Crippen LogP contribution in [0.15, 0.2) is 72.8 Å². The SMILES string of the molecule is CCOc1ccc(C(=O)NCc2ccccc2)cc1COc1ccc(C(C)(C)C)cc1. The fraction of sp³-hybridized carbons (Fsp3) is 0.296. The molecule has 0 saturated carbocycles. The van der Waals surface area contributed by atoms with E-state index in [9.17, 15) is 4.79 Å². The maximum absolute atomic E-state index is 12.7. The molecule has 0 spiro atoms. The van der Waals surface area contributed by atoms with Crippen LogP contribution >= 0.6 is 0 Å². The first-order chi connectivity index (χ1) is 14.9. The summed E-state index contributed by atoms with van der Waals surface area (Å²) in [6.45, 7) is 9.86. The minimum atomic E-state index is -0.123. The van der Waals surface area contributed by atoms with Gasteiger partial charge in [0.2, 0.25) is 0 Å². The number of carbonyl (C=O) groups excluding carboxylic acids is 1. The molecular weight excluding hydrogens is 386 g/mol. The summed E-state index contributed by atoms with van der Waals surface area (Å²) < 4.78 is 11.7. The molecule has 1 amide bonds. The van der Waals surface area contributed by atoms with Crippen molar-refractivity contribution in [3.05, 3.63) is 95.1 Å². The van der Waals surface area contributed by atoms with Crippen LogP contribution in [0.2, 0.25) is 0 Å². The van der Waals surface area contributed by atoms with E-state index in [0.717, 1.165) is 22.6 Å². The summed E-state index contributed by atoms with van der Waals surface area (Å²) in [4.78, 5) is 12.7. The molecule has 0 fully saturated rings. The third kappa shape index (κ3) is 6.35. The first-order valence-electron chi connectivity index (χ1n) is 10.7. The van der Waals surface area contributed by atoms with Gasteiger partial charge in [-0.1, -0.05) is 63.2 Å². The van der Waals surface area contributed by atoms with Gasteiger partial charge in [0.05, 0.1) is 6.61 Å². The molecule has 4 nitrogen and oxygen atoms in total. The summed E-state index contributed by atoms with van der Waals surface area (Å²) in [6, 6.07) is 23.5. The molecule has 0 heterocycles. The number of hydrogen-bond acceptors (Lipinski definition) is 3. The quantitative estimate of drug-likeness (QED) is 0.497. The molecular formula is C27H31NO3. The highest BCUT2D eigenvalue weighted by molar-refractivity contribution is 5.94. The maximum atomic E-state index is 12.7. The molecule has 0 saturated heterocycles. The molecule has 3 rings (SSSR count). The van der Waals surface area contributed by atoms with Crippen LogP contribution in [0.1, 0.15) is 54.7 Å². The predicted molar refractivity (Wildman–Crippen MR) is 125 cm³/mol. The Balaban J connectivity index is 1.70. The highest BCUT2D eigenvalue weighted by Crippen LogP contribution is 2.26. The van der Waals surface area contributed by atoms with Crippen molar-refractivity contribution in [2.24, 2.45) is 0 Å². The van der Waals surface area contributed by atoms with Crippen molar-refractivity contribution in [2.75, 3.05) is 6.61 Å². The van der Waals surface area contributed by atoms with Gasteiger partial charge in [0.1, 0.15) is 18.1 Å². The fourth-order valence-electron chi connectivity index (χ4n) is 3.22. The number of hydrogen-bond donors (Lipinski definition) is 1. The molecule has 0 unspecified atom stereocenters. The standard InChI is InChI=1S/C27H31NO3/c1-5-30-25-16-11-21(26(29)28-18-20-9-7-6-8-10-20)17-22(25)19-31-24-14-12-23(13-15-24)27(2,3)4/h6-17H,5,18-19H2,1-4H3,(H,28,29). The van der Waals surface area contributed by atoms with Crippen LogP contribution in [0.3, 0.4) is 0 Å². The third-order valence-electron chi connectivity index (χ3n) is 5.03. The van der Waals surface area contributed by atoms with Gasteiger partial charge in [0.25, 0.3) is 5.91 Å². The Morgan fingerprint density at radius 2 is 1.61 bits per heavy atom. The molecule has 162 valence electrons. The monoisotopic (exact) mass is 417 g/mol. The van der Waals surface area contributed by atoms with Crippen molar-refractivity contribution >= 4 is 5.91 Å². The fourth-order valence-corrected chi connectivity index (χ4v) is 3.22. The summed E-state index contributed by atoms with van der Waals surface area (Å²) in [6.07, 6.45) is 0. The smallest absolute Gasteiger partial charge is 0.251 e. The molecule has 0 aliphatic rings. The van der Waals surface area contributed by atoms with Crippen molar-refractivity contribution < 1.29 is 14.3 Å². The van der Waals surface area contributed by atoms with E-state index in [4.69, 9.17) is 9.47 Å². The van der Waals surface area contributed by atoms with Crippen LogP contribution in [0.4, 0.5) is 0 Å². The zero-order chi connectivity index (χ0) is 22.3. The minimum Gasteiger partial charge on any atom is -0.493 e. The van der Waals surface area contributed by atoms with Gasteiger partial charge in [0, 0.05) is 17.7 Å². The van der Waals surface area contributed by atoms with Gasteiger partial charge in [-0.15, -0.1) is 0 Å². The Labute approximate surface area is 185 Å². The second-order valence-corrected chi connectivity index (χ2v) is 8.49. The summed E-state index contributed by atoms with van der Waals surface area (Å²) in [5.41, 5.74) is 3.84. The van der Waals surface area contributed by atoms with E-state index >= 15 is 0 Å². The third-order valence-corrected chi connectivity index (χ3v) is 5.03. The van der Waals surface area contributed by atoms with Gasteiger partial charge in [-0.3, -0.25) is 4.79 Å². The zero-order valence-corrected chi connectivity index (χ0v) is 18.8. The van der Waals surface area contributed by atoms with Crippen molar-refractivity contribution in [3.63, 3.8) is 0 Å². The summed E-state index contributed by atoms with van der Waals surface area (Å²) in [5, 5.41) is 2.97. The highest BCUT2D eigenvalue weighted by Gasteiger charge is 2.14. The van der Waals surface area contributed by atoms with E-state index in [0.29, 0.717) is 25.3 Å². The lowest BCUT2D eigenvalue weighted by atomic mass is 9.87. The number of amides is 1. The lowest BCUT2D eigenvalue weighted by molar-refractivity contribution is 0.0950. The summed E-state index contributed by atoms with van der Waals surface area (Å²) >= 11 is 0. The van der Waals surface area contributed by atoms with Crippen molar-refractivity contribution in [3.8, 4) is 11.5 Å². The zero-order valence-electron chi connectivity index (χ0n) is 18.8. The van der Waals surface area contributed by atoms with Crippen LogP contribution in [0, 0.1) is 0 Å². The predicted octanol–water partition coefficient (Wildman–Crippen LogP) is 5.89. The Kier molecular flexibility index (Phi) is 7.35. The number of carbonyl (C=O) groups is 1. The Hall–Kier alpha value is -3.27. The molecule has 3 aromatic rings. The topological polar surface area (TPSA) is 47.6 Å². The molecule has 4 heteroatoms. The summed E-state index contributed by atoms with van der Waals surface area (Å²) in [7, 11) is 0. The molecule has 0 radical (unpaired) electrons. The molecule has 1 N–H and O–H groups in total. The van der Waals surface area contributed by atoms with Gasteiger partial charge in [-0.25, -0.2) is 0 Å². The lowest BCUT2D eigenvalue weighted by Crippen LogP contribution is -2.23. The number of nitrogens with one attached hydrogen (secondary N) is 1. The number of benzene rings is 3. The Morgan fingerprint density at radius 1 is 0.903 bits per heavy atom. The Bertz CT molecular complexity index is 989. The maximum Gasteiger partial charge on any atom is 0.251 e. The van der Waals surface area contributed by atoms with Crippen molar-refractivity contribution in [1.29, 1.82) is 0 Å². The van der Waals surface area contributed by atoms with Crippen LogP contribution in [-0.4, -0.2) is 12.5 Å². The van der Waals surface area contributed by atoms with Crippen molar-refractivity contribution in [2.45, 2.75) is 46.3 Å². The minimum absolute atomic E-state index is 0.0993. The van der Waals surface area contributed by atoms with E-state index in [1.54, 1.807) is 6.07 Å². The van der Waals surface area contributed by atoms with Gasteiger partial charge in [-0.05, 0) is 53.8 Å². The second-order valence-electron chi connectivity index (χ2n) is 8.49. The first-order valence-corrected chi connectivity index (χ1v) is 10.7. The average molecular weight is 418 g/mol. The number of rotatable bonds is 8. The Morgan fingerprint density at radius 3 is 2.26 bits per heavy atom. The molecule has 3 aromatic carbocycles. The normalized spacial score (nSPS) is 11.1. The van der Waals surface area contributed by atoms with Crippen LogP contribution < -0.4 is 14.8 Å². The van der Waals surface area contributed by atoms with Crippen LogP contribution in [-0.2, 0) is 18.6 Å². The van der Waals surface area contributed by atoms with E-state index < -0.39 is 0 Å².